The molecule has 0 aromatic carbocycles. The lowest BCUT2D eigenvalue weighted by atomic mass is 10.2. The Bertz CT molecular complexity index is 899. The molecule has 0 saturated carbocycles. The van der Waals surface area contributed by atoms with Crippen molar-refractivity contribution in [3.8, 4) is 0 Å². The van der Waals surface area contributed by atoms with Crippen molar-refractivity contribution in [1.82, 2.24) is 24.6 Å². The predicted octanol–water partition coefficient (Wildman–Crippen LogP) is 2.24. The number of likely N-dealkylation sites (tertiary alicyclic amines) is 1. The summed E-state index contributed by atoms with van der Waals surface area (Å²) < 4.78 is 7.66. The van der Waals surface area contributed by atoms with Crippen LogP contribution >= 0.6 is 11.3 Å². The molecule has 3 aromatic rings. The average Bonchev–Trinajstić information content (AvgIpc) is 3.33. The molecule has 0 aliphatic carbocycles. The van der Waals surface area contributed by atoms with E-state index in [0.29, 0.717) is 12.4 Å². The molecule has 24 heavy (non-hydrogen) atoms. The van der Waals surface area contributed by atoms with Crippen LogP contribution in [0.3, 0.4) is 0 Å². The lowest BCUT2D eigenvalue weighted by Crippen LogP contribution is -2.31. The number of fused-ring (bicyclic) bond motifs is 1. The van der Waals surface area contributed by atoms with Crippen molar-refractivity contribution in [3.05, 3.63) is 39.8 Å². The molecule has 1 fully saturated rings. The van der Waals surface area contributed by atoms with E-state index < -0.39 is 0 Å². The molecule has 1 saturated heterocycles. The van der Waals surface area contributed by atoms with Gasteiger partial charge in [-0.2, -0.15) is 4.98 Å². The van der Waals surface area contributed by atoms with Gasteiger partial charge in [0.2, 0.25) is 5.89 Å². The highest BCUT2D eigenvalue weighted by Crippen LogP contribution is 2.29. The molecule has 0 spiro atoms. The van der Waals surface area contributed by atoms with Crippen LogP contribution in [-0.4, -0.2) is 37.7 Å². The van der Waals surface area contributed by atoms with Crippen molar-refractivity contribution >= 4 is 21.6 Å². The van der Waals surface area contributed by atoms with Gasteiger partial charge in [-0.25, -0.2) is 4.98 Å². The van der Waals surface area contributed by atoms with E-state index in [0.717, 1.165) is 48.4 Å². The molecule has 3 aromatic heterocycles. The molecule has 1 aliphatic heterocycles. The predicted molar refractivity (Wildman–Crippen MR) is 91.1 cm³/mol. The zero-order valence-electron chi connectivity index (χ0n) is 13.5. The number of hydrogen-bond acceptors (Lipinski definition) is 7. The molecule has 4 heterocycles. The summed E-state index contributed by atoms with van der Waals surface area (Å²) in [5.41, 5.74) is 0.817. The first-order valence-electron chi connectivity index (χ1n) is 8.25. The number of nitrogens with zero attached hydrogens (tertiary/aromatic N) is 5. The minimum Gasteiger partial charge on any atom is -0.339 e. The molecule has 1 aliphatic rings. The van der Waals surface area contributed by atoms with Crippen LogP contribution in [0.4, 0.5) is 0 Å². The molecule has 4 rings (SSSR count). The Balaban J connectivity index is 1.49. The summed E-state index contributed by atoms with van der Waals surface area (Å²) in [5, 5.41) is 6.02. The number of rotatable bonds is 5. The molecular formula is C16H19N5O2S. The number of aryl methyl sites for hydroxylation is 1. The van der Waals surface area contributed by atoms with E-state index in [-0.39, 0.29) is 11.6 Å². The van der Waals surface area contributed by atoms with Crippen LogP contribution in [0.2, 0.25) is 0 Å². The number of thiophene rings is 1. The van der Waals surface area contributed by atoms with Gasteiger partial charge < -0.3 is 4.52 Å². The van der Waals surface area contributed by atoms with Gasteiger partial charge in [0, 0.05) is 19.5 Å². The molecule has 0 N–H and O–H groups in total. The SMILES string of the molecule is CCc1nc([C@@H]2CCCN2CCn2cnc3ccsc3c2=O)no1. The Morgan fingerprint density at radius 1 is 1.42 bits per heavy atom. The van der Waals surface area contributed by atoms with Crippen molar-refractivity contribution in [1.29, 1.82) is 0 Å². The Kier molecular flexibility index (Phi) is 4.15. The topological polar surface area (TPSA) is 77.1 Å². The minimum absolute atomic E-state index is 0.0403. The van der Waals surface area contributed by atoms with Gasteiger partial charge in [0.05, 0.1) is 17.9 Å². The molecule has 0 radical (unpaired) electrons. The van der Waals surface area contributed by atoms with Crippen LogP contribution in [-0.2, 0) is 13.0 Å². The first-order valence-corrected chi connectivity index (χ1v) is 9.13. The van der Waals surface area contributed by atoms with Crippen LogP contribution < -0.4 is 5.56 Å². The van der Waals surface area contributed by atoms with Gasteiger partial charge in [-0.05, 0) is 30.8 Å². The van der Waals surface area contributed by atoms with E-state index in [1.165, 1.54) is 11.3 Å². The van der Waals surface area contributed by atoms with Crippen molar-refractivity contribution in [2.45, 2.75) is 38.8 Å². The summed E-state index contributed by atoms with van der Waals surface area (Å²) in [4.78, 5) is 23.6. The van der Waals surface area contributed by atoms with E-state index in [1.807, 2.05) is 18.4 Å². The van der Waals surface area contributed by atoms with E-state index >= 15 is 0 Å². The van der Waals surface area contributed by atoms with Gasteiger partial charge in [-0.3, -0.25) is 14.3 Å². The molecule has 0 bridgehead atoms. The first-order chi connectivity index (χ1) is 11.8. The fourth-order valence-corrected chi connectivity index (χ4v) is 4.00. The van der Waals surface area contributed by atoms with Gasteiger partial charge in [-0.1, -0.05) is 12.1 Å². The summed E-state index contributed by atoms with van der Waals surface area (Å²) in [6.07, 6.45) is 4.53. The van der Waals surface area contributed by atoms with E-state index in [1.54, 1.807) is 10.9 Å². The quantitative estimate of drug-likeness (QED) is 0.706. The smallest absolute Gasteiger partial charge is 0.271 e. The number of aromatic nitrogens is 4. The van der Waals surface area contributed by atoms with E-state index in [4.69, 9.17) is 4.52 Å². The van der Waals surface area contributed by atoms with Crippen molar-refractivity contribution in [2.24, 2.45) is 0 Å². The Morgan fingerprint density at radius 3 is 3.17 bits per heavy atom. The third-order valence-corrected chi connectivity index (χ3v) is 5.40. The van der Waals surface area contributed by atoms with E-state index in [2.05, 4.69) is 20.0 Å². The van der Waals surface area contributed by atoms with Crippen LogP contribution in [0.5, 0.6) is 0 Å². The standard InChI is InChI=1S/C16H19N5O2S/c1-2-13-18-15(19-23-13)12-4-3-6-20(12)7-8-21-10-17-11-5-9-24-14(11)16(21)22/h5,9-10,12H,2-4,6-8H2,1H3/t12-/m0/s1. The molecule has 1 atom stereocenters. The molecule has 0 unspecified atom stereocenters. The molecule has 7 nitrogen and oxygen atoms in total. The second-order valence-electron chi connectivity index (χ2n) is 5.97. The van der Waals surface area contributed by atoms with Gasteiger partial charge in [0.15, 0.2) is 5.82 Å². The summed E-state index contributed by atoms with van der Waals surface area (Å²) in [6, 6.07) is 2.06. The summed E-state index contributed by atoms with van der Waals surface area (Å²) in [7, 11) is 0. The third-order valence-electron chi connectivity index (χ3n) is 4.51. The fraction of sp³-hybridized carbons (Fsp3) is 0.500. The van der Waals surface area contributed by atoms with Gasteiger partial charge in [0.25, 0.3) is 5.56 Å². The Labute approximate surface area is 142 Å². The van der Waals surface area contributed by atoms with Crippen molar-refractivity contribution in [2.75, 3.05) is 13.1 Å². The maximum absolute atomic E-state index is 12.5. The highest BCUT2D eigenvalue weighted by molar-refractivity contribution is 7.17. The maximum atomic E-state index is 12.5. The third kappa shape index (κ3) is 2.76. The lowest BCUT2D eigenvalue weighted by Gasteiger charge is -2.21. The normalized spacial score (nSPS) is 18.6. The molecule has 8 heteroatoms. The lowest BCUT2D eigenvalue weighted by molar-refractivity contribution is 0.232. The molecule has 126 valence electrons. The second-order valence-corrected chi connectivity index (χ2v) is 6.89. The first kappa shape index (κ1) is 15.5. The molecular weight excluding hydrogens is 326 g/mol. The number of hydrogen-bond donors (Lipinski definition) is 0. The Hall–Kier alpha value is -2.06. The Morgan fingerprint density at radius 2 is 2.33 bits per heavy atom. The summed E-state index contributed by atoms with van der Waals surface area (Å²) >= 11 is 1.45. The highest BCUT2D eigenvalue weighted by Gasteiger charge is 2.29. The largest absolute Gasteiger partial charge is 0.339 e. The van der Waals surface area contributed by atoms with Crippen molar-refractivity contribution in [3.63, 3.8) is 0 Å². The van der Waals surface area contributed by atoms with Crippen LogP contribution in [0, 0.1) is 0 Å². The van der Waals surface area contributed by atoms with Crippen LogP contribution in [0.1, 0.15) is 37.5 Å². The minimum atomic E-state index is 0.0403. The zero-order chi connectivity index (χ0) is 16.5. The molecule has 0 amide bonds. The van der Waals surface area contributed by atoms with Crippen molar-refractivity contribution < 1.29 is 4.52 Å². The average molecular weight is 345 g/mol. The highest BCUT2D eigenvalue weighted by atomic mass is 32.1. The summed E-state index contributed by atoms with van der Waals surface area (Å²) in [6.45, 7) is 4.39. The van der Waals surface area contributed by atoms with Gasteiger partial charge >= 0.3 is 0 Å². The van der Waals surface area contributed by atoms with Crippen LogP contribution in [0.25, 0.3) is 10.2 Å². The zero-order valence-corrected chi connectivity index (χ0v) is 14.3. The monoisotopic (exact) mass is 345 g/mol. The van der Waals surface area contributed by atoms with E-state index in [9.17, 15) is 4.79 Å². The fourth-order valence-electron chi connectivity index (χ4n) is 3.21. The maximum Gasteiger partial charge on any atom is 0.271 e. The van der Waals surface area contributed by atoms with Crippen LogP contribution in [0.15, 0.2) is 27.1 Å². The van der Waals surface area contributed by atoms with Gasteiger partial charge in [-0.15, -0.1) is 11.3 Å². The van der Waals surface area contributed by atoms with Gasteiger partial charge in [0.1, 0.15) is 4.70 Å². The second kappa shape index (κ2) is 6.45. The summed E-state index contributed by atoms with van der Waals surface area (Å²) in [5.74, 6) is 1.45.